The summed E-state index contributed by atoms with van der Waals surface area (Å²) in [5, 5.41) is 2.94. The smallest absolute Gasteiger partial charge is 0.251 e. The van der Waals surface area contributed by atoms with Gasteiger partial charge >= 0.3 is 0 Å². The number of hydrogen-bond acceptors (Lipinski definition) is 2. The fraction of sp³-hybridized carbons (Fsp3) is 0.357. The van der Waals surface area contributed by atoms with E-state index in [1.54, 1.807) is 13.0 Å². The summed E-state index contributed by atoms with van der Waals surface area (Å²) in [6, 6.07) is 7.63. The van der Waals surface area contributed by atoms with Crippen LogP contribution in [0.1, 0.15) is 35.7 Å². The highest BCUT2D eigenvalue weighted by Crippen LogP contribution is 2.20. The number of amides is 1. The van der Waals surface area contributed by atoms with Crippen molar-refractivity contribution in [1.82, 2.24) is 5.32 Å². The van der Waals surface area contributed by atoms with E-state index in [1.807, 2.05) is 18.2 Å². The molecule has 0 aromatic heterocycles. The molecule has 1 radical (unpaired) electrons. The van der Waals surface area contributed by atoms with Crippen LogP contribution in [-0.4, -0.2) is 17.7 Å². The van der Waals surface area contributed by atoms with Crippen LogP contribution in [0.4, 0.5) is 0 Å². The molecule has 1 saturated carbocycles. The van der Waals surface area contributed by atoms with E-state index in [1.165, 1.54) is 6.42 Å². The van der Waals surface area contributed by atoms with E-state index in [2.05, 4.69) is 5.32 Å². The second-order valence-electron chi connectivity index (χ2n) is 4.34. The van der Waals surface area contributed by atoms with Gasteiger partial charge < -0.3 is 5.32 Å². The second kappa shape index (κ2) is 5.13. The number of carbonyl (C=O) groups excluding carboxylic acids is 2. The Bertz CT molecular complexity index is 436. The molecule has 89 valence electrons. The van der Waals surface area contributed by atoms with Crippen LogP contribution in [0.25, 0.3) is 0 Å². The van der Waals surface area contributed by atoms with Crippen molar-refractivity contribution < 1.29 is 9.59 Å². The summed E-state index contributed by atoms with van der Waals surface area (Å²) in [6.07, 6.45) is 3.96. The minimum absolute atomic E-state index is 0.0386. The minimum Gasteiger partial charge on any atom is -0.349 e. The summed E-state index contributed by atoms with van der Waals surface area (Å²) in [7, 11) is 0. The molecule has 1 N–H and O–H groups in total. The summed E-state index contributed by atoms with van der Waals surface area (Å²) in [4.78, 5) is 23.4. The Kier molecular flexibility index (Phi) is 3.57. The Hall–Kier alpha value is -1.64. The monoisotopic (exact) mass is 230 g/mol. The van der Waals surface area contributed by atoms with Crippen LogP contribution in [0.15, 0.2) is 24.3 Å². The number of ketones is 1. The maximum Gasteiger partial charge on any atom is 0.251 e. The molecule has 0 unspecified atom stereocenters. The largest absolute Gasteiger partial charge is 0.349 e. The summed E-state index contributed by atoms with van der Waals surface area (Å²) >= 11 is 0. The molecule has 3 heteroatoms. The zero-order chi connectivity index (χ0) is 12.3. The molecule has 1 aromatic carbocycles. The Morgan fingerprint density at radius 1 is 1.35 bits per heavy atom. The first-order chi connectivity index (χ1) is 8.20. The molecular weight excluding hydrogens is 214 g/mol. The molecule has 2 rings (SSSR count). The Morgan fingerprint density at radius 3 is 2.71 bits per heavy atom. The van der Waals surface area contributed by atoms with Gasteiger partial charge in [-0.3, -0.25) is 9.59 Å². The Balaban J connectivity index is 2.13. The van der Waals surface area contributed by atoms with E-state index in [0.717, 1.165) is 18.4 Å². The molecule has 3 nitrogen and oxygen atoms in total. The molecular formula is C14H16NO2. The van der Waals surface area contributed by atoms with Crippen molar-refractivity contribution in [2.75, 3.05) is 0 Å². The van der Waals surface area contributed by atoms with E-state index < -0.39 is 0 Å². The molecule has 1 aliphatic rings. The second-order valence-corrected chi connectivity index (χ2v) is 4.34. The van der Waals surface area contributed by atoms with Gasteiger partial charge in [0.25, 0.3) is 5.91 Å². The normalized spacial score (nSPS) is 14.4. The number of benzene rings is 1. The first kappa shape index (κ1) is 11.8. The Morgan fingerprint density at radius 2 is 2.06 bits per heavy atom. The average Bonchev–Trinajstić information content (AvgIpc) is 3.13. The average molecular weight is 230 g/mol. The molecule has 1 amide bonds. The van der Waals surface area contributed by atoms with Crippen molar-refractivity contribution in [2.24, 2.45) is 0 Å². The van der Waals surface area contributed by atoms with Gasteiger partial charge in [0.05, 0.1) is 0 Å². The molecule has 0 heterocycles. The lowest BCUT2D eigenvalue weighted by Gasteiger charge is -2.08. The zero-order valence-corrected chi connectivity index (χ0v) is 9.90. The van der Waals surface area contributed by atoms with Crippen LogP contribution in [0, 0.1) is 6.42 Å². The molecule has 0 spiro atoms. The van der Waals surface area contributed by atoms with Gasteiger partial charge in [-0.15, -0.1) is 0 Å². The molecule has 0 bridgehead atoms. The van der Waals surface area contributed by atoms with Crippen molar-refractivity contribution in [3.8, 4) is 0 Å². The molecule has 1 aliphatic carbocycles. The topological polar surface area (TPSA) is 46.2 Å². The van der Waals surface area contributed by atoms with Gasteiger partial charge in [-0.1, -0.05) is 25.1 Å². The number of nitrogens with one attached hydrogen (secondary N) is 1. The van der Waals surface area contributed by atoms with E-state index in [0.29, 0.717) is 18.0 Å². The zero-order valence-electron chi connectivity index (χ0n) is 9.90. The van der Waals surface area contributed by atoms with Gasteiger partial charge in [0.1, 0.15) is 5.78 Å². The number of hydrogen-bond donors (Lipinski definition) is 1. The molecule has 0 atom stereocenters. The molecule has 1 fully saturated rings. The van der Waals surface area contributed by atoms with Crippen molar-refractivity contribution in [3.63, 3.8) is 0 Å². The predicted molar refractivity (Wildman–Crippen MR) is 65.6 cm³/mol. The quantitative estimate of drug-likeness (QED) is 0.840. The van der Waals surface area contributed by atoms with Crippen molar-refractivity contribution in [2.45, 2.75) is 32.2 Å². The third kappa shape index (κ3) is 3.16. The van der Waals surface area contributed by atoms with Crippen LogP contribution >= 0.6 is 0 Å². The first-order valence-electron chi connectivity index (χ1n) is 5.91. The van der Waals surface area contributed by atoms with E-state index in [4.69, 9.17) is 0 Å². The van der Waals surface area contributed by atoms with Gasteiger partial charge in [0.2, 0.25) is 0 Å². The van der Waals surface area contributed by atoms with Gasteiger partial charge in [-0.2, -0.15) is 0 Å². The van der Waals surface area contributed by atoms with Crippen LogP contribution in [-0.2, 0) is 11.2 Å². The van der Waals surface area contributed by atoms with Crippen LogP contribution in [0.3, 0.4) is 0 Å². The van der Waals surface area contributed by atoms with Crippen LogP contribution in [0.2, 0.25) is 0 Å². The highest BCUT2D eigenvalue weighted by Gasteiger charge is 2.24. The summed E-state index contributed by atoms with van der Waals surface area (Å²) in [6.45, 7) is 1.72. The highest BCUT2D eigenvalue weighted by molar-refractivity contribution is 5.98. The van der Waals surface area contributed by atoms with Gasteiger partial charge in [-0.05, 0) is 24.5 Å². The molecule has 0 aliphatic heterocycles. The third-order valence-corrected chi connectivity index (χ3v) is 2.86. The van der Waals surface area contributed by atoms with Crippen LogP contribution < -0.4 is 5.32 Å². The molecule has 0 saturated heterocycles. The fourth-order valence-electron chi connectivity index (χ4n) is 1.68. The van der Waals surface area contributed by atoms with Gasteiger partial charge in [0.15, 0.2) is 0 Å². The van der Waals surface area contributed by atoms with Crippen molar-refractivity contribution in [1.29, 1.82) is 0 Å². The summed E-state index contributed by atoms with van der Waals surface area (Å²) < 4.78 is 0. The fourth-order valence-corrected chi connectivity index (χ4v) is 1.68. The SMILES string of the molecule is C[CH]C(=O)Cc1ccccc1C(=O)NC1CC1. The summed E-state index contributed by atoms with van der Waals surface area (Å²) in [5.41, 5.74) is 1.42. The molecule has 17 heavy (non-hydrogen) atoms. The van der Waals surface area contributed by atoms with Gasteiger partial charge in [-0.25, -0.2) is 0 Å². The van der Waals surface area contributed by atoms with Crippen molar-refractivity contribution >= 4 is 11.7 Å². The lowest BCUT2D eigenvalue weighted by atomic mass is 10.0. The maximum atomic E-state index is 12.0. The lowest BCUT2D eigenvalue weighted by molar-refractivity contribution is -0.115. The maximum absolute atomic E-state index is 12.0. The standard InChI is InChI=1S/C14H16NO2/c1-2-12(16)9-10-5-3-4-6-13(10)14(17)15-11-7-8-11/h2-6,11H,7-9H2,1H3,(H,15,17). The highest BCUT2D eigenvalue weighted by atomic mass is 16.1. The minimum atomic E-state index is -0.0630. The van der Waals surface area contributed by atoms with E-state index in [-0.39, 0.29) is 11.7 Å². The predicted octanol–water partition coefficient (Wildman–Crippen LogP) is 1.91. The third-order valence-electron chi connectivity index (χ3n) is 2.86. The van der Waals surface area contributed by atoms with Crippen LogP contribution in [0.5, 0.6) is 0 Å². The summed E-state index contributed by atoms with van der Waals surface area (Å²) in [5.74, 6) is -0.0244. The van der Waals surface area contributed by atoms with Gasteiger partial charge in [0, 0.05) is 24.4 Å². The number of carbonyl (C=O) groups is 2. The number of rotatable bonds is 5. The Labute approximate surface area is 101 Å². The van der Waals surface area contributed by atoms with E-state index >= 15 is 0 Å². The van der Waals surface area contributed by atoms with Crippen molar-refractivity contribution in [3.05, 3.63) is 41.8 Å². The number of Topliss-reactive ketones (excluding diaryl/α,β-unsaturated/α-hetero) is 1. The first-order valence-corrected chi connectivity index (χ1v) is 5.91. The molecule has 1 aromatic rings. The lowest BCUT2D eigenvalue weighted by Crippen LogP contribution is -2.26. The van der Waals surface area contributed by atoms with E-state index in [9.17, 15) is 9.59 Å².